The molecule has 1 aromatic rings. The maximum atomic E-state index is 11.9. The van der Waals surface area contributed by atoms with Crippen LogP contribution in [0.2, 0.25) is 0 Å². The molecule has 0 heterocycles. The van der Waals surface area contributed by atoms with Crippen LogP contribution in [-0.4, -0.2) is 31.8 Å². The van der Waals surface area contributed by atoms with Crippen molar-refractivity contribution in [1.82, 2.24) is 0 Å². The zero-order chi connectivity index (χ0) is 12.8. The molecular weight excluding hydrogens is 218 g/mol. The van der Waals surface area contributed by atoms with Crippen LogP contribution in [0, 0.1) is 5.92 Å². The minimum Gasteiger partial charge on any atom is -0.508 e. The van der Waals surface area contributed by atoms with E-state index in [1.807, 2.05) is 6.92 Å². The molecule has 0 saturated heterocycles. The van der Waals surface area contributed by atoms with Gasteiger partial charge in [0.1, 0.15) is 5.75 Å². The van der Waals surface area contributed by atoms with Crippen molar-refractivity contribution in [2.75, 3.05) is 25.7 Å². The van der Waals surface area contributed by atoms with E-state index in [2.05, 4.69) is 0 Å². The van der Waals surface area contributed by atoms with Crippen molar-refractivity contribution >= 4 is 11.6 Å². The van der Waals surface area contributed by atoms with Gasteiger partial charge in [0.05, 0.1) is 0 Å². The second-order valence-corrected chi connectivity index (χ2v) is 4.24. The maximum Gasteiger partial charge on any atom is 0.227 e. The van der Waals surface area contributed by atoms with Gasteiger partial charge in [-0.05, 0) is 18.1 Å². The number of phenolic OH excluding ortho intramolecular Hbond substituents is 1. The van der Waals surface area contributed by atoms with Gasteiger partial charge in [0.15, 0.2) is 0 Å². The van der Waals surface area contributed by atoms with Crippen molar-refractivity contribution < 1.29 is 14.6 Å². The van der Waals surface area contributed by atoms with Gasteiger partial charge in [-0.15, -0.1) is 0 Å². The fourth-order valence-electron chi connectivity index (χ4n) is 1.62. The lowest BCUT2D eigenvalue weighted by Gasteiger charge is -2.19. The van der Waals surface area contributed by atoms with Gasteiger partial charge < -0.3 is 14.7 Å². The van der Waals surface area contributed by atoms with E-state index in [0.29, 0.717) is 18.7 Å². The van der Waals surface area contributed by atoms with Gasteiger partial charge in [-0.3, -0.25) is 4.79 Å². The van der Waals surface area contributed by atoms with E-state index in [1.165, 1.54) is 0 Å². The van der Waals surface area contributed by atoms with E-state index in [1.54, 1.807) is 43.3 Å². The Hall–Kier alpha value is -1.55. The molecule has 1 unspecified atom stereocenters. The number of hydrogen-bond donors (Lipinski definition) is 1. The highest BCUT2D eigenvalue weighted by Crippen LogP contribution is 2.20. The molecule has 1 atom stereocenters. The smallest absolute Gasteiger partial charge is 0.227 e. The van der Waals surface area contributed by atoms with Gasteiger partial charge in [0.25, 0.3) is 0 Å². The molecule has 94 valence electrons. The Morgan fingerprint density at radius 1 is 1.53 bits per heavy atom. The number of carbonyl (C=O) groups excluding carboxylic acids is 1. The summed E-state index contributed by atoms with van der Waals surface area (Å²) in [5.41, 5.74) is 0.694. The molecule has 0 aliphatic heterocycles. The molecule has 1 rings (SSSR count). The summed E-state index contributed by atoms with van der Waals surface area (Å²) in [5, 5.41) is 9.35. The summed E-state index contributed by atoms with van der Waals surface area (Å²) in [5.74, 6) is 0.361. The van der Waals surface area contributed by atoms with Gasteiger partial charge in [0.2, 0.25) is 5.91 Å². The van der Waals surface area contributed by atoms with Crippen LogP contribution in [-0.2, 0) is 9.53 Å². The molecule has 4 nitrogen and oxygen atoms in total. The second kappa shape index (κ2) is 6.25. The molecule has 0 bridgehead atoms. The number of anilines is 1. The SMILES string of the molecule is COCC(C)CC(=O)N(C)c1cccc(O)c1. The van der Waals surface area contributed by atoms with Crippen LogP contribution in [0.25, 0.3) is 0 Å². The molecule has 17 heavy (non-hydrogen) atoms. The number of methoxy groups -OCH3 is 1. The highest BCUT2D eigenvalue weighted by Gasteiger charge is 2.14. The molecule has 1 N–H and O–H groups in total. The molecule has 4 heteroatoms. The van der Waals surface area contributed by atoms with Crippen LogP contribution >= 0.6 is 0 Å². The van der Waals surface area contributed by atoms with Crippen molar-refractivity contribution in [2.24, 2.45) is 5.92 Å². The predicted octanol–water partition coefficient (Wildman–Crippen LogP) is 2.03. The van der Waals surface area contributed by atoms with E-state index in [4.69, 9.17) is 4.74 Å². The molecule has 0 aromatic heterocycles. The fraction of sp³-hybridized carbons (Fsp3) is 0.462. The number of amides is 1. The Kier molecular flexibility index (Phi) is 4.97. The summed E-state index contributed by atoms with van der Waals surface area (Å²) in [6.45, 7) is 2.54. The van der Waals surface area contributed by atoms with Crippen molar-refractivity contribution in [1.29, 1.82) is 0 Å². The Balaban J connectivity index is 2.63. The predicted molar refractivity (Wildman–Crippen MR) is 67.2 cm³/mol. The summed E-state index contributed by atoms with van der Waals surface area (Å²) in [6, 6.07) is 6.65. The van der Waals surface area contributed by atoms with E-state index >= 15 is 0 Å². The van der Waals surface area contributed by atoms with Crippen LogP contribution < -0.4 is 4.90 Å². The van der Waals surface area contributed by atoms with Crippen molar-refractivity contribution in [3.63, 3.8) is 0 Å². The highest BCUT2D eigenvalue weighted by atomic mass is 16.5. The van der Waals surface area contributed by atoms with Crippen molar-refractivity contribution in [2.45, 2.75) is 13.3 Å². The zero-order valence-electron chi connectivity index (χ0n) is 10.5. The first kappa shape index (κ1) is 13.5. The Morgan fingerprint density at radius 2 is 2.24 bits per heavy atom. The largest absolute Gasteiger partial charge is 0.508 e. The number of hydrogen-bond acceptors (Lipinski definition) is 3. The molecular formula is C13H19NO3. The second-order valence-electron chi connectivity index (χ2n) is 4.24. The molecule has 0 spiro atoms. The summed E-state index contributed by atoms with van der Waals surface area (Å²) in [6.07, 6.45) is 0.431. The third-order valence-electron chi connectivity index (χ3n) is 2.57. The van der Waals surface area contributed by atoms with Crippen molar-refractivity contribution in [3.05, 3.63) is 24.3 Å². The summed E-state index contributed by atoms with van der Waals surface area (Å²) in [4.78, 5) is 13.5. The van der Waals surface area contributed by atoms with Gasteiger partial charge in [-0.1, -0.05) is 13.0 Å². The Bertz CT molecular complexity index is 379. The van der Waals surface area contributed by atoms with E-state index < -0.39 is 0 Å². The number of nitrogens with zero attached hydrogens (tertiary/aromatic N) is 1. The van der Waals surface area contributed by atoms with E-state index in [9.17, 15) is 9.90 Å². The topological polar surface area (TPSA) is 49.8 Å². The number of aromatic hydroxyl groups is 1. The summed E-state index contributed by atoms with van der Waals surface area (Å²) < 4.78 is 5.00. The molecule has 0 fully saturated rings. The monoisotopic (exact) mass is 237 g/mol. The van der Waals surface area contributed by atoms with Crippen LogP contribution in [0.4, 0.5) is 5.69 Å². The normalized spacial score (nSPS) is 12.2. The number of benzene rings is 1. The quantitative estimate of drug-likeness (QED) is 0.852. The lowest BCUT2D eigenvalue weighted by Crippen LogP contribution is -2.28. The molecule has 1 aromatic carbocycles. The standard InChI is InChI=1S/C13H19NO3/c1-10(9-17-3)7-13(16)14(2)11-5-4-6-12(15)8-11/h4-6,8,10,15H,7,9H2,1-3H3. The lowest BCUT2D eigenvalue weighted by molar-refractivity contribution is -0.119. The van der Waals surface area contributed by atoms with Crippen LogP contribution in [0.3, 0.4) is 0 Å². The van der Waals surface area contributed by atoms with Crippen LogP contribution in [0.15, 0.2) is 24.3 Å². The van der Waals surface area contributed by atoms with Gasteiger partial charge >= 0.3 is 0 Å². The number of ether oxygens (including phenoxy) is 1. The first-order chi connectivity index (χ1) is 8.04. The lowest BCUT2D eigenvalue weighted by atomic mass is 10.1. The third kappa shape index (κ3) is 4.07. The minimum absolute atomic E-state index is 0.0140. The third-order valence-corrected chi connectivity index (χ3v) is 2.57. The summed E-state index contributed by atoms with van der Waals surface area (Å²) >= 11 is 0. The average Bonchev–Trinajstić information content (AvgIpc) is 2.28. The molecule has 0 radical (unpaired) electrons. The molecule has 0 aliphatic carbocycles. The van der Waals surface area contributed by atoms with Crippen LogP contribution in [0.1, 0.15) is 13.3 Å². The average molecular weight is 237 g/mol. The van der Waals surface area contributed by atoms with Crippen LogP contribution in [0.5, 0.6) is 5.75 Å². The highest BCUT2D eigenvalue weighted by molar-refractivity contribution is 5.93. The van der Waals surface area contributed by atoms with Gasteiger partial charge in [0, 0.05) is 38.9 Å². The molecule has 1 amide bonds. The molecule has 0 saturated carbocycles. The summed E-state index contributed by atoms with van der Waals surface area (Å²) in [7, 11) is 3.33. The fourth-order valence-corrected chi connectivity index (χ4v) is 1.62. The first-order valence-electron chi connectivity index (χ1n) is 5.59. The van der Waals surface area contributed by atoms with Gasteiger partial charge in [-0.25, -0.2) is 0 Å². The van der Waals surface area contributed by atoms with Crippen molar-refractivity contribution in [3.8, 4) is 5.75 Å². The van der Waals surface area contributed by atoms with E-state index in [0.717, 1.165) is 0 Å². The Morgan fingerprint density at radius 3 is 2.82 bits per heavy atom. The first-order valence-corrected chi connectivity index (χ1v) is 5.59. The molecule has 0 aliphatic rings. The Labute approximate surface area is 102 Å². The number of phenols is 1. The maximum absolute atomic E-state index is 11.9. The minimum atomic E-state index is 0.0140. The number of rotatable bonds is 5. The van der Waals surface area contributed by atoms with E-state index in [-0.39, 0.29) is 17.6 Å². The zero-order valence-corrected chi connectivity index (χ0v) is 10.5. The van der Waals surface area contributed by atoms with Gasteiger partial charge in [-0.2, -0.15) is 0 Å². The number of carbonyl (C=O) groups is 1.